The van der Waals surface area contributed by atoms with Crippen molar-refractivity contribution in [2.45, 2.75) is 32.4 Å². The van der Waals surface area contributed by atoms with Gasteiger partial charge in [-0.3, -0.25) is 0 Å². The van der Waals surface area contributed by atoms with Crippen LogP contribution in [-0.2, 0) is 0 Å². The van der Waals surface area contributed by atoms with Crippen molar-refractivity contribution in [1.82, 2.24) is 10.3 Å². The summed E-state index contributed by atoms with van der Waals surface area (Å²) in [6.07, 6.45) is 2.31. The third-order valence-electron chi connectivity index (χ3n) is 4.53. The standard InChI is InChI=1S/C22H21Cl2FN2O/c1-3-19(27-14(2)16-10-7-13-26-22(16)24)17-11-12-18(23)21(20(17)25)28-15-8-5-4-6-9-15/h4-14,19,27H,3H2,1-2H3/t14-,19-/m1/s1. The van der Waals surface area contributed by atoms with Crippen LogP contribution in [0.25, 0.3) is 0 Å². The van der Waals surface area contributed by atoms with Crippen LogP contribution in [0.2, 0.25) is 10.2 Å². The molecule has 0 aliphatic rings. The molecule has 28 heavy (non-hydrogen) atoms. The number of pyridine rings is 1. The zero-order chi connectivity index (χ0) is 20.1. The van der Waals surface area contributed by atoms with E-state index < -0.39 is 5.82 Å². The van der Waals surface area contributed by atoms with Gasteiger partial charge in [0.25, 0.3) is 0 Å². The second-order valence-electron chi connectivity index (χ2n) is 6.43. The first-order valence-corrected chi connectivity index (χ1v) is 9.84. The molecule has 6 heteroatoms. The lowest BCUT2D eigenvalue weighted by molar-refractivity contribution is 0.410. The van der Waals surface area contributed by atoms with Crippen molar-refractivity contribution in [2.24, 2.45) is 0 Å². The number of nitrogens with one attached hydrogen (secondary N) is 1. The highest BCUT2D eigenvalue weighted by atomic mass is 35.5. The lowest BCUT2D eigenvalue weighted by atomic mass is 10.0. The highest BCUT2D eigenvalue weighted by molar-refractivity contribution is 6.32. The molecule has 2 aromatic carbocycles. The third-order valence-corrected chi connectivity index (χ3v) is 5.14. The summed E-state index contributed by atoms with van der Waals surface area (Å²) >= 11 is 12.4. The Morgan fingerprint density at radius 2 is 1.79 bits per heavy atom. The summed E-state index contributed by atoms with van der Waals surface area (Å²) in [4.78, 5) is 4.11. The van der Waals surface area contributed by atoms with Crippen LogP contribution in [0.1, 0.15) is 43.5 Å². The van der Waals surface area contributed by atoms with E-state index in [1.165, 1.54) is 0 Å². The van der Waals surface area contributed by atoms with E-state index in [0.717, 1.165) is 5.56 Å². The number of benzene rings is 2. The Morgan fingerprint density at radius 1 is 1.04 bits per heavy atom. The topological polar surface area (TPSA) is 34.2 Å². The number of hydrogen-bond donors (Lipinski definition) is 1. The predicted octanol–water partition coefficient (Wildman–Crippen LogP) is 7.12. The van der Waals surface area contributed by atoms with E-state index in [4.69, 9.17) is 27.9 Å². The van der Waals surface area contributed by atoms with E-state index in [1.54, 1.807) is 30.5 Å². The molecule has 1 heterocycles. The fourth-order valence-electron chi connectivity index (χ4n) is 3.06. The summed E-state index contributed by atoms with van der Waals surface area (Å²) < 4.78 is 21.0. The molecule has 0 unspecified atom stereocenters. The van der Waals surface area contributed by atoms with Gasteiger partial charge in [0.1, 0.15) is 10.9 Å². The number of aromatic nitrogens is 1. The molecule has 0 spiro atoms. The van der Waals surface area contributed by atoms with Gasteiger partial charge in [0, 0.05) is 29.4 Å². The summed E-state index contributed by atoms with van der Waals surface area (Å²) in [5.41, 5.74) is 1.35. The molecule has 3 nitrogen and oxygen atoms in total. The van der Waals surface area contributed by atoms with E-state index >= 15 is 4.39 Å². The zero-order valence-electron chi connectivity index (χ0n) is 15.6. The molecule has 0 aliphatic heterocycles. The predicted molar refractivity (Wildman–Crippen MR) is 112 cm³/mol. The number of nitrogens with zero attached hydrogens (tertiary/aromatic N) is 1. The second-order valence-corrected chi connectivity index (χ2v) is 7.19. The molecule has 0 amide bonds. The van der Waals surface area contributed by atoms with Crippen LogP contribution in [0.5, 0.6) is 11.5 Å². The number of ether oxygens (including phenoxy) is 1. The largest absolute Gasteiger partial charge is 0.453 e. The second kappa shape index (κ2) is 9.37. The van der Waals surface area contributed by atoms with Crippen LogP contribution >= 0.6 is 23.2 Å². The van der Waals surface area contributed by atoms with Crippen molar-refractivity contribution >= 4 is 23.2 Å². The van der Waals surface area contributed by atoms with E-state index in [9.17, 15) is 0 Å². The molecule has 0 aliphatic carbocycles. The van der Waals surface area contributed by atoms with Gasteiger partial charge in [-0.05, 0) is 37.6 Å². The molecule has 1 N–H and O–H groups in total. The fraction of sp³-hybridized carbons (Fsp3) is 0.227. The summed E-state index contributed by atoms with van der Waals surface area (Å²) in [5.74, 6) is 0.0786. The first-order chi connectivity index (χ1) is 13.5. The lowest BCUT2D eigenvalue weighted by Gasteiger charge is -2.24. The lowest BCUT2D eigenvalue weighted by Crippen LogP contribution is -2.25. The minimum Gasteiger partial charge on any atom is -0.453 e. The van der Waals surface area contributed by atoms with Gasteiger partial charge in [0.05, 0.1) is 5.02 Å². The third kappa shape index (κ3) is 4.64. The van der Waals surface area contributed by atoms with E-state index in [0.29, 0.717) is 22.9 Å². The number of hydrogen-bond acceptors (Lipinski definition) is 3. The van der Waals surface area contributed by atoms with Gasteiger partial charge in [0.2, 0.25) is 0 Å². The van der Waals surface area contributed by atoms with Crippen LogP contribution in [-0.4, -0.2) is 4.98 Å². The van der Waals surface area contributed by atoms with Crippen molar-refractivity contribution in [3.63, 3.8) is 0 Å². The van der Waals surface area contributed by atoms with Crippen molar-refractivity contribution in [2.75, 3.05) is 0 Å². The Balaban J connectivity index is 1.88. The molecule has 0 radical (unpaired) electrons. The Labute approximate surface area is 174 Å². The Bertz CT molecular complexity index is 937. The molecular weight excluding hydrogens is 398 g/mol. The SMILES string of the molecule is CC[C@@H](N[C@H](C)c1cccnc1Cl)c1ccc(Cl)c(Oc2ccccc2)c1F. The zero-order valence-corrected chi connectivity index (χ0v) is 17.1. The normalized spacial score (nSPS) is 13.2. The van der Waals surface area contributed by atoms with Gasteiger partial charge in [-0.25, -0.2) is 9.37 Å². The first kappa shape index (κ1) is 20.6. The Morgan fingerprint density at radius 3 is 2.46 bits per heavy atom. The number of halogens is 3. The molecule has 2 atom stereocenters. The van der Waals surface area contributed by atoms with E-state index in [2.05, 4.69) is 10.3 Å². The summed E-state index contributed by atoms with van der Waals surface area (Å²) in [6.45, 7) is 3.96. The highest BCUT2D eigenvalue weighted by Crippen LogP contribution is 2.37. The van der Waals surface area contributed by atoms with E-state index in [-0.39, 0.29) is 22.9 Å². The number of rotatable bonds is 7. The monoisotopic (exact) mass is 418 g/mol. The van der Waals surface area contributed by atoms with Gasteiger partial charge in [-0.15, -0.1) is 0 Å². The summed E-state index contributed by atoms with van der Waals surface area (Å²) in [6, 6.07) is 15.7. The van der Waals surface area contributed by atoms with E-state index in [1.807, 2.05) is 44.2 Å². The Hall–Kier alpha value is -2.14. The molecule has 1 aromatic heterocycles. The molecule has 146 valence electrons. The highest BCUT2D eigenvalue weighted by Gasteiger charge is 2.23. The summed E-state index contributed by atoms with van der Waals surface area (Å²) in [7, 11) is 0. The smallest absolute Gasteiger partial charge is 0.181 e. The van der Waals surface area contributed by atoms with Gasteiger partial charge in [0.15, 0.2) is 11.6 Å². The van der Waals surface area contributed by atoms with Gasteiger partial charge >= 0.3 is 0 Å². The molecule has 0 saturated carbocycles. The van der Waals surface area contributed by atoms with Crippen LogP contribution in [0.15, 0.2) is 60.8 Å². The quantitative estimate of drug-likeness (QED) is 0.414. The summed E-state index contributed by atoms with van der Waals surface area (Å²) in [5, 5.41) is 4.09. The number of para-hydroxylation sites is 1. The van der Waals surface area contributed by atoms with Crippen molar-refractivity contribution in [1.29, 1.82) is 0 Å². The minimum atomic E-state index is -0.472. The Kier molecular flexibility index (Phi) is 6.89. The average molecular weight is 419 g/mol. The molecule has 3 aromatic rings. The minimum absolute atomic E-state index is 0.0256. The van der Waals surface area contributed by atoms with Crippen LogP contribution in [0.3, 0.4) is 0 Å². The molecule has 0 fully saturated rings. The van der Waals surface area contributed by atoms with Crippen molar-refractivity contribution < 1.29 is 9.13 Å². The maximum atomic E-state index is 15.3. The van der Waals surface area contributed by atoms with Crippen LogP contribution in [0.4, 0.5) is 4.39 Å². The maximum Gasteiger partial charge on any atom is 0.181 e. The van der Waals surface area contributed by atoms with Gasteiger partial charge in [-0.2, -0.15) is 0 Å². The first-order valence-electron chi connectivity index (χ1n) is 9.08. The molecular formula is C22H21Cl2FN2O. The molecule has 0 bridgehead atoms. The molecule has 0 saturated heterocycles. The maximum absolute atomic E-state index is 15.3. The van der Waals surface area contributed by atoms with Gasteiger partial charge in [-0.1, -0.05) is 60.5 Å². The van der Waals surface area contributed by atoms with Gasteiger partial charge < -0.3 is 10.1 Å². The van der Waals surface area contributed by atoms with Crippen LogP contribution in [0, 0.1) is 5.82 Å². The average Bonchev–Trinajstić information content (AvgIpc) is 2.71. The fourth-order valence-corrected chi connectivity index (χ4v) is 3.52. The molecule has 3 rings (SSSR count). The van der Waals surface area contributed by atoms with Crippen LogP contribution < -0.4 is 10.1 Å². The van der Waals surface area contributed by atoms with Crippen molar-refractivity contribution in [3.8, 4) is 11.5 Å². The van der Waals surface area contributed by atoms with Crippen molar-refractivity contribution in [3.05, 3.63) is 87.9 Å².